The third kappa shape index (κ3) is 6.31. The van der Waals surface area contributed by atoms with Crippen molar-refractivity contribution in [2.45, 2.75) is 52.5 Å². The van der Waals surface area contributed by atoms with Crippen LogP contribution in [0.5, 0.6) is 5.75 Å². The number of ether oxygens (including phenoxy) is 1. The fraction of sp³-hybridized carbons (Fsp3) is 0.367. The standard InChI is InChI=1S/C30H34N8O5/c1-4-37(25-12-9-20(15-32-25)28(40)36-42)13-14-43-22-10-11-24(31-16-22)34-30-33-17-23-18(2)26(19(3)39)29(41)38(27(23)35-30)21-7-5-6-8-21/h9-12,15-17,21,42H,4-8,13-14H2,1-3H3,(H,36,40)(H,31,33,34,35). The van der Waals surface area contributed by atoms with Crippen molar-refractivity contribution < 1.29 is 19.5 Å². The van der Waals surface area contributed by atoms with Gasteiger partial charge in [0.25, 0.3) is 11.5 Å². The van der Waals surface area contributed by atoms with Crippen LogP contribution in [0.1, 0.15) is 71.9 Å². The van der Waals surface area contributed by atoms with Crippen LogP contribution in [0, 0.1) is 6.92 Å². The van der Waals surface area contributed by atoms with Gasteiger partial charge in [-0.1, -0.05) is 12.8 Å². The molecule has 43 heavy (non-hydrogen) atoms. The highest BCUT2D eigenvalue weighted by Gasteiger charge is 2.26. The number of amides is 1. The molecule has 3 N–H and O–H groups in total. The summed E-state index contributed by atoms with van der Waals surface area (Å²) < 4.78 is 7.56. The number of pyridine rings is 3. The lowest BCUT2D eigenvalue weighted by Gasteiger charge is -2.22. The zero-order chi connectivity index (χ0) is 30.5. The largest absolute Gasteiger partial charge is 0.490 e. The average Bonchev–Trinajstić information content (AvgIpc) is 3.54. The minimum absolute atomic E-state index is 0.00227. The number of hydrogen-bond donors (Lipinski definition) is 3. The molecule has 5 rings (SSSR count). The second-order valence-electron chi connectivity index (χ2n) is 10.4. The van der Waals surface area contributed by atoms with E-state index in [1.54, 1.807) is 53.6 Å². The van der Waals surface area contributed by atoms with Gasteiger partial charge in [-0.05, 0) is 63.4 Å². The van der Waals surface area contributed by atoms with E-state index in [1.165, 1.54) is 13.1 Å². The SMILES string of the molecule is CCN(CCOc1ccc(Nc2ncc3c(C)c(C(C)=O)c(=O)n(C4CCCC4)c3n2)nc1)c1ccc(C(=O)NO)cn1. The predicted octanol–water partition coefficient (Wildman–Crippen LogP) is 3.98. The van der Waals surface area contributed by atoms with Gasteiger partial charge in [0.1, 0.15) is 29.6 Å². The van der Waals surface area contributed by atoms with E-state index in [0.29, 0.717) is 59.6 Å². The fourth-order valence-electron chi connectivity index (χ4n) is 5.44. The van der Waals surface area contributed by atoms with Crippen molar-refractivity contribution in [1.82, 2.24) is 30.0 Å². The number of aryl methyl sites for hydroxylation is 1. The number of fused-ring (bicyclic) bond motifs is 1. The van der Waals surface area contributed by atoms with E-state index in [9.17, 15) is 14.4 Å². The van der Waals surface area contributed by atoms with Gasteiger partial charge in [0.2, 0.25) is 5.95 Å². The van der Waals surface area contributed by atoms with Crippen LogP contribution in [0.15, 0.2) is 47.7 Å². The van der Waals surface area contributed by atoms with E-state index < -0.39 is 5.91 Å². The lowest BCUT2D eigenvalue weighted by molar-refractivity contribution is 0.0706. The zero-order valence-electron chi connectivity index (χ0n) is 24.3. The van der Waals surface area contributed by atoms with Crippen molar-refractivity contribution in [2.24, 2.45) is 0 Å². The monoisotopic (exact) mass is 586 g/mol. The van der Waals surface area contributed by atoms with E-state index in [1.807, 2.05) is 11.8 Å². The van der Waals surface area contributed by atoms with Crippen molar-refractivity contribution in [3.05, 3.63) is 69.9 Å². The molecule has 4 aromatic heterocycles. The molecule has 1 aliphatic rings. The summed E-state index contributed by atoms with van der Waals surface area (Å²) in [7, 11) is 0. The fourth-order valence-corrected chi connectivity index (χ4v) is 5.44. The number of carbonyl (C=O) groups is 2. The molecule has 0 aliphatic heterocycles. The molecule has 0 atom stereocenters. The highest BCUT2D eigenvalue weighted by Crippen LogP contribution is 2.32. The van der Waals surface area contributed by atoms with Crippen LogP contribution in [-0.4, -0.2) is 61.1 Å². The number of nitrogens with one attached hydrogen (secondary N) is 2. The molecule has 0 saturated heterocycles. The summed E-state index contributed by atoms with van der Waals surface area (Å²) in [6, 6.07) is 6.83. The minimum atomic E-state index is -0.620. The Balaban J connectivity index is 1.27. The summed E-state index contributed by atoms with van der Waals surface area (Å²) in [6.07, 6.45) is 8.44. The van der Waals surface area contributed by atoms with Crippen LogP contribution in [0.3, 0.4) is 0 Å². The number of hydroxylamine groups is 1. The number of nitrogens with zero attached hydrogens (tertiary/aromatic N) is 6. The van der Waals surface area contributed by atoms with Crippen molar-refractivity contribution >= 4 is 40.3 Å². The van der Waals surface area contributed by atoms with Gasteiger partial charge >= 0.3 is 0 Å². The molecule has 1 aliphatic carbocycles. The lowest BCUT2D eigenvalue weighted by atomic mass is 10.0. The molecular weight excluding hydrogens is 552 g/mol. The van der Waals surface area contributed by atoms with E-state index in [4.69, 9.17) is 14.9 Å². The molecule has 13 heteroatoms. The number of hydrogen-bond acceptors (Lipinski definition) is 11. The van der Waals surface area contributed by atoms with Crippen LogP contribution in [0.4, 0.5) is 17.6 Å². The Hall–Kier alpha value is -4.91. The third-order valence-electron chi connectivity index (χ3n) is 7.67. The van der Waals surface area contributed by atoms with Gasteiger partial charge in [-0.2, -0.15) is 4.98 Å². The molecule has 0 aromatic carbocycles. The number of likely N-dealkylation sites (N-methyl/N-ethyl adjacent to an activating group) is 1. The van der Waals surface area contributed by atoms with E-state index in [-0.39, 0.29) is 28.5 Å². The molecular formula is C30H34N8O5. The molecule has 0 spiro atoms. The Labute approximate surface area is 247 Å². The summed E-state index contributed by atoms with van der Waals surface area (Å²) in [6.45, 7) is 6.77. The maximum absolute atomic E-state index is 13.4. The van der Waals surface area contributed by atoms with Crippen LogP contribution < -0.4 is 26.0 Å². The molecule has 1 amide bonds. The normalized spacial score (nSPS) is 13.2. The molecule has 1 saturated carbocycles. The predicted molar refractivity (Wildman–Crippen MR) is 160 cm³/mol. The smallest absolute Gasteiger partial charge is 0.276 e. The van der Waals surface area contributed by atoms with Gasteiger partial charge in [0.05, 0.1) is 23.9 Å². The molecule has 1 fully saturated rings. The Morgan fingerprint density at radius 1 is 1.09 bits per heavy atom. The van der Waals surface area contributed by atoms with Crippen molar-refractivity contribution in [3.8, 4) is 5.75 Å². The third-order valence-corrected chi connectivity index (χ3v) is 7.67. The Kier molecular flexibility index (Phi) is 8.90. The average molecular weight is 587 g/mol. The van der Waals surface area contributed by atoms with Crippen LogP contribution in [0.2, 0.25) is 0 Å². The first-order valence-electron chi connectivity index (χ1n) is 14.2. The highest BCUT2D eigenvalue weighted by atomic mass is 16.5. The Bertz CT molecular complexity index is 1680. The first kappa shape index (κ1) is 29.6. The maximum Gasteiger partial charge on any atom is 0.276 e. The van der Waals surface area contributed by atoms with E-state index in [0.717, 1.165) is 25.7 Å². The number of ketones is 1. The minimum Gasteiger partial charge on any atom is -0.490 e. The number of anilines is 3. The first-order chi connectivity index (χ1) is 20.8. The molecule has 4 heterocycles. The molecule has 224 valence electrons. The van der Waals surface area contributed by atoms with Gasteiger partial charge in [0.15, 0.2) is 5.78 Å². The number of rotatable bonds is 11. The summed E-state index contributed by atoms with van der Waals surface area (Å²) in [5.74, 6) is 1.18. The maximum atomic E-state index is 13.4. The van der Waals surface area contributed by atoms with Crippen LogP contribution in [0.25, 0.3) is 11.0 Å². The van der Waals surface area contributed by atoms with Crippen molar-refractivity contribution in [3.63, 3.8) is 0 Å². The van der Waals surface area contributed by atoms with Crippen molar-refractivity contribution in [1.29, 1.82) is 0 Å². The molecule has 0 unspecified atom stereocenters. The Morgan fingerprint density at radius 3 is 2.51 bits per heavy atom. The number of carbonyl (C=O) groups excluding carboxylic acids is 2. The Morgan fingerprint density at radius 2 is 1.88 bits per heavy atom. The van der Waals surface area contributed by atoms with Crippen LogP contribution in [-0.2, 0) is 0 Å². The van der Waals surface area contributed by atoms with Crippen LogP contribution >= 0.6 is 0 Å². The summed E-state index contributed by atoms with van der Waals surface area (Å²) in [5, 5.41) is 12.6. The summed E-state index contributed by atoms with van der Waals surface area (Å²) in [4.78, 5) is 57.1. The number of aromatic nitrogens is 5. The summed E-state index contributed by atoms with van der Waals surface area (Å²) >= 11 is 0. The van der Waals surface area contributed by atoms with E-state index in [2.05, 4.69) is 20.3 Å². The van der Waals surface area contributed by atoms with Gasteiger partial charge in [-0.15, -0.1) is 0 Å². The second-order valence-corrected chi connectivity index (χ2v) is 10.4. The van der Waals surface area contributed by atoms with Gasteiger partial charge < -0.3 is 15.0 Å². The highest BCUT2D eigenvalue weighted by molar-refractivity contribution is 5.99. The zero-order valence-corrected chi connectivity index (χ0v) is 24.3. The molecule has 0 bridgehead atoms. The molecule has 0 radical (unpaired) electrons. The van der Waals surface area contributed by atoms with Crippen molar-refractivity contribution in [2.75, 3.05) is 29.9 Å². The molecule has 4 aromatic rings. The molecule has 13 nitrogen and oxygen atoms in total. The van der Waals surface area contributed by atoms with Gasteiger partial charge in [-0.3, -0.25) is 24.2 Å². The second kappa shape index (κ2) is 12.9. The topological polar surface area (TPSA) is 164 Å². The first-order valence-corrected chi connectivity index (χ1v) is 14.2. The van der Waals surface area contributed by atoms with E-state index >= 15 is 0 Å². The van der Waals surface area contributed by atoms with Gasteiger partial charge in [0, 0.05) is 30.4 Å². The van der Waals surface area contributed by atoms with Gasteiger partial charge in [-0.25, -0.2) is 20.4 Å². The lowest BCUT2D eigenvalue weighted by Crippen LogP contribution is -2.30. The summed E-state index contributed by atoms with van der Waals surface area (Å²) in [5.41, 5.74) is 2.86. The number of Topliss-reactive ketones (excluding diaryl/α,β-unsaturated/α-hetero) is 1. The quantitative estimate of drug-likeness (QED) is 0.132.